The largest absolute Gasteiger partial charge is 0.490 e. The molecular formula is C20H24F3N3O4. The van der Waals surface area contributed by atoms with Crippen molar-refractivity contribution in [3.05, 3.63) is 29.8 Å². The lowest BCUT2D eigenvalue weighted by molar-refractivity contribution is -0.140. The number of halogens is 3. The van der Waals surface area contributed by atoms with E-state index in [1.54, 1.807) is 9.80 Å². The van der Waals surface area contributed by atoms with Crippen molar-refractivity contribution in [2.24, 2.45) is 5.92 Å². The zero-order valence-corrected chi connectivity index (χ0v) is 16.5. The van der Waals surface area contributed by atoms with Crippen LogP contribution in [0.3, 0.4) is 0 Å². The van der Waals surface area contributed by atoms with Crippen molar-refractivity contribution in [3.8, 4) is 5.75 Å². The number of alkyl halides is 3. The highest BCUT2D eigenvalue weighted by atomic mass is 19.4. The van der Waals surface area contributed by atoms with Gasteiger partial charge in [-0.3, -0.25) is 4.79 Å². The van der Waals surface area contributed by atoms with Crippen molar-refractivity contribution >= 4 is 11.9 Å². The van der Waals surface area contributed by atoms with Gasteiger partial charge in [0.1, 0.15) is 18.5 Å². The normalized spacial score (nSPS) is 25.8. The van der Waals surface area contributed by atoms with Crippen molar-refractivity contribution in [3.63, 3.8) is 0 Å². The number of nitrogens with one attached hydrogen (secondary N) is 1. The van der Waals surface area contributed by atoms with Gasteiger partial charge in [-0.05, 0) is 37.6 Å². The van der Waals surface area contributed by atoms with E-state index in [4.69, 9.17) is 9.47 Å². The van der Waals surface area contributed by atoms with Gasteiger partial charge in [0.15, 0.2) is 0 Å². The summed E-state index contributed by atoms with van der Waals surface area (Å²) in [6.07, 6.45) is -3.97. The summed E-state index contributed by atoms with van der Waals surface area (Å²) in [5, 5.41) is 2.88. The first-order valence-electron chi connectivity index (χ1n) is 9.99. The van der Waals surface area contributed by atoms with Crippen LogP contribution in [-0.2, 0) is 15.7 Å². The molecular weight excluding hydrogens is 403 g/mol. The van der Waals surface area contributed by atoms with Crippen LogP contribution in [0, 0.1) is 5.92 Å². The van der Waals surface area contributed by atoms with Gasteiger partial charge in [0.05, 0.1) is 17.7 Å². The van der Waals surface area contributed by atoms with Gasteiger partial charge in [0, 0.05) is 32.1 Å². The Morgan fingerprint density at radius 2 is 1.90 bits per heavy atom. The molecule has 4 rings (SSSR count). The third-order valence-electron chi connectivity index (χ3n) is 5.94. The van der Waals surface area contributed by atoms with E-state index in [1.807, 2.05) is 6.92 Å². The molecule has 1 N–H and O–H groups in total. The molecule has 30 heavy (non-hydrogen) atoms. The fourth-order valence-corrected chi connectivity index (χ4v) is 4.07. The van der Waals surface area contributed by atoms with Crippen LogP contribution in [0.4, 0.5) is 18.0 Å². The molecule has 3 fully saturated rings. The monoisotopic (exact) mass is 427 g/mol. The molecule has 7 nitrogen and oxygen atoms in total. The van der Waals surface area contributed by atoms with Gasteiger partial charge in [-0.2, -0.15) is 13.2 Å². The summed E-state index contributed by atoms with van der Waals surface area (Å²) >= 11 is 0. The number of rotatable bonds is 3. The van der Waals surface area contributed by atoms with Crippen molar-refractivity contribution in [2.45, 2.75) is 37.8 Å². The summed E-state index contributed by atoms with van der Waals surface area (Å²) < 4.78 is 49.2. The summed E-state index contributed by atoms with van der Waals surface area (Å²) in [4.78, 5) is 27.7. The molecule has 0 spiro atoms. The van der Waals surface area contributed by atoms with Crippen LogP contribution in [0.2, 0.25) is 0 Å². The van der Waals surface area contributed by atoms with Gasteiger partial charge in [0.25, 0.3) is 0 Å². The molecule has 0 saturated carbocycles. The van der Waals surface area contributed by atoms with Crippen LogP contribution in [0.15, 0.2) is 24.3 Å². The van der Waals surface area contributed by atoms with Gasteiger partial charge in [-0.15, -0.1) is 0 Å². The second-order valence-corrected chi connectivity index (χ2v) is 8.05. The van der Waals surface area contributed by atoms with Crippen molar-refractivity contribution in [1.82, 2.24) is 15.1 Å². The zero-order chi connectivity index (χ0) is 21.5. The Balaban J connectivity index is 1.25. The fraction of sp³-hybridized carbons (Fsp3) is 0.600. The number of carbonyl (C=O) groups is 2. The first-order valence-corrected chi connectivity index (χ1v) is 9.99. The molecule has 1 aromatic carbocycles. The first-order chi connectivity index (χ1) is 14.2. The molecule has 10 heteroatoms. The molecule has 0 radical (unpaired) electrons. The molecule has 0 aliphatic carbocycles. The number of amides is 3. The highest BCUT2D eigenvalue weighted by Crippen LogP contribution is 2.31. The van der Waals surface area contributed by atoms with Gasteiger partial charge < -0.3 is 24.6 Å². The van der Waals surface area contributed by atoms with Crippen LogP contribution in [-0.4, -0.2) is 72.8 Å². The number of urea groups is 1. The number of fused-ring (bicyclic) bond motifs is 1. The lowest BCUT2D eigenvalue weighted by Crippen LogP contribution is -2.64. The van der Waals surface area contributed by atoms with Crippen molar-refractivity contribution in [1.29, 1.82) is 0 Å². The van der Waals surface area contributed by atoms with Crippen LogP contribution in [0.1, 0.15) is 18.9 Å². The average molecular weight is 427 g/mol. The minimum atomic E-state index is -4.37. The number of ether oxygens (including phenoxy) is 2. The number of hydrogen-bond acceptors (Lipinski definition) is 4. The Morgan fingerprint density at radius 1 is 1.20 bits per heavy atom. The zero-order valence-electron chi connectivity index (χ0n) is 16.5. The van der Waals surface area contributed by atoms with Gasteiger partial charge in [-0.25, -0.2) is 4.79 Å². The summed E-state index contributed by atoms with van der Waals surface area (Å²) in [6.45, 7) is 3.97. The van der Waals surface area contributed by atoms with Crippen molar-refractivity contribution < 1.29 is 32.2 Å². The molecule has 164 valence electrons. The Bertz CT molecular complexity index is 795. The first kappa shape index (κ1) is 20.8. The van der Waals surface area contributed by atoms with E-state index in [0.717, 1.165) is 12.1 Å². The molecule has 3 aliphatic heterocycles. The maximum atomic E-state index is 12.7. The topological polar surface area (TPSA) is 71.1 Å². The van der Waals surface area contributed by atoms with Crippen LogP contribution in [0.25, 0.3) is 0 Å². The molecule has 0 unspecified atom stereocenters. The molecule has 3 atom stereocenters. The number of hydrogen-bond donors (Lipinski definition) is 1. The van der Waals surface area contributed by atoms with E-state index in [0.29, 0.717) is 38.3 Å². The van der Waals surface area contributed by atoms with Gasteiger partial charge >= 0.3 is 12.2 Å². The Labute approximate surface area is 172 Å². The molecule has 3 saturated heterocycles. The molecule has 1 aromatic rings. The minimum Gasteiger partial charge on any atom is -0.490 e. The van der Waals surface area contributed by atoms with E-state index in [1.165, 1.54) is 12.1 Å². The van der Waals surface area contributed by atoms with Crippen molar-refractivity contribution in [2.75, 3.05) is 32.8 Å². The highest BCUT2D eigenvalue weighted by Gasteiger charge is 2.41. The summed E-state index contributed by atoms with van der Waals surface area (Å²) in [5.41, 5.74) is -0.716. The number of piperidine rings is 1. The fourth-order valence-electron chi connectivity index (χ4n) is 4.07. The second-order valence-electron chi connectivity index (χ2n) is 8.05. The summed E-state index contributed by atoms with van der Waals surface area (Å²) in [5.74, 6) is 0.311. The second kappa shape index (κ2) is 7.98. The van der Waals surface area contributed by atoms with E-state index in [-0.39, 0.29) is 42.7 Å². The van der Waals surface area contributed by atoms with Gasteiger partial charge in [0.2, 0.25) is 5.91 Å². The Hall–Kier alpha value is -2.49. The summed E-state index contributed by atoms with van der Waals surface area (Å²) in [7, 11) is 0. The van der Waals surface area contributed by atoms with Crippen LogP contribution >= 0.6 is 0 Å². The number of benzene rings is 1. The Morgan fingerprint density at radius 3 is 2.57 bits per heavy atom. The predicted octanol–water partition coefficient (Wildman–Crippen LogP) is 2.11. The minimum absolute atomic E-state index is 0.0481. The van der Waals surface area contributed by atoms with Gasteiger partial charge in [-0.1, -0.05) is 0 Å². The number of morpholine rings is 1. The highest BCUT2D eigenvalue weighted by molar-refractivity contribution is 5.79. The number of carbonyl (C=O) groups excluding carboxylic acids is 2. The molecule has 0 aromatic heterocycles. The quantitative estimate of drug-likeness (QED) is 0.802. The third kappa shape index (κ3) is 4.33. The third-order valence-corrected chi connectivity index (χ3v) is 5.94. The maximum Gasteiger partial charge on any atom is 0.416 e. The maximum absolute atomic E-state index is 12.7. The average Bonchev–Trinajstić information content (AvgIpc) is 2.65. The standard InChI is InChI=1S/C20H24F3N3O4/c1-12(30-15-4-2-14(3-5-15)20(21,22)23)13-8-26(9-13)19(28)25-7-6-17-16(10-25)24-18(27)11-29-17/h2-5,12-13,16-17H,6-11H2,1H3,(H,24,27)/t12-,16+,17-/m0/s1. The van der Waals surface area contributed by atoms with Crippen LogP contribution in [0.5, 0.6) is 5.75 Å². The Kier molecular flexibility index (Phi) is 5.52. The number of likely N-dealkylation sites (tertiary alicyclic amines) is 2. The van der Waals surface area contributed by atoms with Crippen LogP contribution < -0.4 is 10.1 Å². The van der Waals surface area contributed by atoms with E-state index in [9.17, 15) is 22.8 Å². The molecule has 3 amide bonds. The molecule has 3 aliphatic rings. The summed E-state index contributed by atoms with van der Waals surface area (Å²) in [6, 6.07) is 4.36. The smallest absolute Gasteiger partial charge is 0.416 e. The molecule has 3 heterocycles. The lowest BCUT2D eigenvalue weighted by atomic mass is 9.94. The molecule has 0 bridgehead atoms. The SMILES string of the molecule is C[C@H](Oc1ccc(C(F)(F)F)cc1)C1CN(C(=O)N2CC[C@@H]3OCC(=O)N[C@@H]3C2)C1. The van der Waals surface area contributed by atoms with E-state index < -0.39 is 11.7 Å². The lowest BCUT2D eigenvalue weighted by Gasteiger charge is -2.47. The predicted molar refractivity (Wildman–Crippen MR) is 99.9 cm³/mol. The van der Waals surface area contributed by atoms with E-state index in [2.05, 4.69) is 5.32 Å². The number of nitrogens with zero attached hydrogens (tertiary/aromatic N) is 2. The van der Waals surface area contributed by atoms with E-state index >= 15 is 0 Å².